The SMILES string of the molecule is CC[C@H](Oc1ccccc1Cl)C(=O)Nc1ccccc1OC. The van der Waals surface area contributed by atoms with Gasteiger partial charge in [-0.2, -0.15) is 0 Å². The highest BCUT2D eigenvalue weighted by atomic mass is 35.5. The van der Waals surface area contributed by atoms with Crippen molar-refractivity contribution in [3.8, 4) is 11.5 Å². The van der Waals surface area contributed by atoms with Crippen molar-refractivity contribution in [2.45, 2.75) is 19.4 Å². The van der Waals surface area contributed by atoms with Gasteiger partial charge in [-0.15, -0.1) is 0 Å². The number of hydrogen-bond donors (Lipinski definition) is 1. The summed E-state index contributed by atoms with van der Waals surface area (Å²) in [7, 11) is 1.56. The molecule has 116 valence electrons. The van der Waals surface area contributed by atoms with Gasteiger partial charge in [-0.1, -0.05) is 42.8 Å². The monoisotopic (exact) mass is 319 g/mol. The molecule has 1 N–H and O–H groups in total. The highest BCUT2D eigenvalue weighted by molar-refractivity contribution is 6.32. The van der Waals surface area contributed by atoms with E-state index in [9.17, 15) is 4.79 Å². The van der Waals surface area contributed by atoms with E-state index >= 15 is 0 Å². The van der Waals surface area contributed by atoms with Crippen LogP contribution < -0.4 is 14.8 Å². The minimum absolute atomic E-state index is 0.244. The lowest BCUT2D eigenvalue weighted by atomic mass is 10.2. The minimum atomic E-state index is -0.634. The van der Waals surface area contributed by atoms with Gasteiger partial charge in [0.25, 0.3) is 5.91 Å². The van der Waals surface area contributed by atoms with Crippen molar-refractivity contribution >= 4 is 23.2 Å². The number of para-hydroxylation sites is 3. The lowest BCUT2D eigenvalue weighted by molar-refractivity contribution is -0.122. The maximum atomic E-state index is 12.4. The Morgan fingerprint density at radius 3 is 2.41 bits per heavy atom. The first kappa shape index (κ1) is 16.2. The van der Waals surface area contributed by atoms with E-state index in [0.29, 0.717) is 28.6 Å². The van der Waals surface area contributed by atoms with Crippen molar-refractivity contribution in [1.82, 2.24) is 0 Å². The fraction of sp³-hybridized carbons (Fsp3) is 0.235. The second-order valence-electron chi connectivity index (χ2n) is 4.63. The summed E-state index contributed by atoms with van der Waals surface area (Å²) < 4.78 is 10.9. The molecule has 0 saturated heterocycles. The number of ether oxygens (including phenoxy) is 2. The number of benzene rings is 2. The minimum Gasteiger partial charge on any atom is -0.495 e. The van der Waals surface area contributed by atoms with Gasteiger partial charge >= 0.3 is 0 Å². The van der Waals surface area contributed by atoms with Crippen molar-refractivity contribution < 1.29 is 14.3 Å². The third-order valence-electron chi connectivity index (χ3n) is 3.13. The van der Waals surface area contributed by atoms with Crippen LogP contribution in [-0.2, 0) is 4.79 Å². The van der Waals surface area contributed by atoms with E-state index in [2.05, 4.69) is 5.32 Å². The van der Waals surface area contributed by atoms with Gasteiger partial charge in [0.1, 0.15) is 11.5 Å². The lowest BCUT2D eigenvalue weighted by Gasteiger charge is -2.18. The first-order valence-corrected chi connectivity index (χ1v) is 7.38. The highest BCUT2D eigenvalue weighted by Gasteiger charge is 2.20. The van der Waals surface area contributed by atoms with E-state index in [0.717, 1.165) is 0 Å². The van der Waals surface area contributed by atoms with Crippen LogP contribution in [0.1, 0.15) is 13.3 Å². The number of carbonyl (C=O) groups excluding carboxylic acids is 1. The molecule has 2 aromatic carbocycles. The number of rotatable bonds is 6. The topological polar surface area (TPSA) is 47.6 Å². The quantitative estimate of drug-likeness (QED) is 0.870. The Hall–Kier alpha value is -2.20. The summed E-state index contributed by atoms with van der Waals surface area (Å²) in [4.78, 5) is 12.4. The molecule has 0 aliphatic rings. The molecule has 0 heterocycles. The largest absolute Gasteiger partial charge is 0.495 e. The van der Waals surface area contributed by atoms with Gasteiger partial charge in [0, 0.05) is 0 Å². The van der Waals surface area contributed by atoms with Crippen LogP contribution >= 0.6 is 11.6 Å². The van der Waals surface area contributed by atoms with Crippen LogP contribution in [0.15, 0.2) is 48.5 Å². The van der Waals surface area contributed by atoms with Gasteiger partial charge in [-0.25, -0.2) is 0 Å². The first-order valence-electron chi connectivity index (χ1n) is 7.00. The lowest BCUT2D eigenvalue weighted by Crippen LogP contribution is -2.32. The third-order valence-corrected chi connectivity index (χ3v) is 3.45. The standard InChI is InChI=1S/C17H18ClNO3/c1-3-14(22-15-10-6-4-8-12(15)18)17(20)19-13-9-5-7-11-16(13)21-2/h4-11,14H,3H2,1-2H3,(H,19,20)/t14-/m0/s1. The molecule has 2 rings (SSSR count). The summed E-state index contributed by atoms with van der Waals surface area (Å²) in [5.74, 6) is 0.849. The number of anilines is 1. The molecule has 22 heavy (non-hydrogen) atoms. The Balaban J connectivity index is 2.11. The molecule has 0 spiro atoms. The van der Waals surface area contributed by atoms with E-state index in [-0.39, 0.29) is 5.91 Å². The molecule has 0 saturated carbocycles. The summed E-state index contributed by atoms with van der Waals surface area (Å²) in [6.07, 6.45) is -0.114. The molecule has 0 aliphatic carbocycles. The molecule has 0 bridgehead atoms. The average molecular weight is 320 g/mol. The smallest absolute Gasteiger partial charge is 0.265 e. The van der Waals surface area contributed by atoms with Gasteiger partial charge in [0.15, 0.2) is 6.10 Å². The Labute approximate surface area is 135 Å². The number of nitrogens with one attached hydrogen (secondary N) is 1. The zero-order chi connectivity index (χ0) is 15.9. The molecule has 0 radical (unpaired) electrons. The summed E-state index contributed by atoms with van der Waals surface area (Å²) in [5, 5.41) is 3.30. The Kier molecular flexibility index (Phi) is 5.67. The third kappa shape index (κ3) is 3.92. The Bertz CT molecular complexity index is 645. The average Bonchev–Trinajstić information content (AvgIpc) is 2.54. The summed E-state index contributed by atoms with van der Waals surface area (Å²) in [6, 6.07) is 14.3. The van der Waals surface area contributed by atoms with E-state index in [4.69, 9.17) is 21.1 Å². The number of methoxy groups -OCH3 is 1. The van der Waals surface area contributed by atoms with Gasteiger partial charge in [0.05, 0.1) is 17.8 Å². The van der Waals surface area contributed by atoms with Crippen molar-refractivity contribution in [3.05, 3.63) is 53.6 Å². The van der Waals surface area contributed by atoms with Gasteiger partial charge in [-0.05, 0) is 30.7 Å². The fourth-order valence-electron chi connectivity index (χ4n) is 1.98. The van der Waals surface area contributed by atoms with Crippen LogP contribution in [0.3, 0.4) is 0 Å². The molecule has 5 heteroatoms. The molecular formula is C17H18ClNO3. The normalized spacial score (nSPS) is 11.6. The number of halogens is 1. The highest BCUT2D eigenvalue weighted by Crippen LogP contribution is 2.26. The van der Waals surface area contributed by atoms with Crippen molar-refractivity contribution in [2.24, 2.45) is 0 Å². The second kappa shape index (κ2) is 7.71. The molecule has 0 aliphatic heterocycles. The van der Waals surface area contributed by atoms with Crippen LogP contribution in [0.25, 0.3) is 0 Å². The Morgan fingerprint density at radius 1 is 1.14 bits per heavy atom. The fourth-order valence-corrected chi connectivity index (χ4v) is 2.16. The van der Waals surface area contributed by atoms with Gasteiger partial charge in [-0.3, -0.25) is 4.79 Å². The van der Waals surface area contributed by atoms with Crippen molar-refractivity contribution in [1.29, 1.82) is 0 Å². The number of carbonyl (C=O) groups is 1. The van der Waals surface area contributed by atoms with E-state index < -0.39 is 6.10 Å². The molecule has 0 aromatic heterocycles. The molecule has 1 amide bonds. The maximum absolute atomic E-state index is 12.4. The maximum Gasteiger partial charge on any atom is 0.265 e. The summed E-state index contributed by atoms with van der Waals surface area (Å²) >= 11 is 6.06. The Morgan fingerprint density at radius 2 is 1.77 bits per heavy atom. The van der Waals surface area contributed by atoms with E-state index in [1.54, 1.807) is 31.4 Å². The predicted molar refractivity (Wildman–Crippen MR) is 87.8 cm³/mol. The van der Waals surface area contributed by atoms with Gasteiger partial charge in [0.2, 0.25) is 0 Å². The molecule has 0 unspecified atom stereocenters. The van der Waals surface area contributed by atoms with E-state index in [1.165, 1.54) is 0 Å². The number of hydrogen-bond acceptors (Lipinski definition) is 3. The summed E-state index contributed by atoms with van der Waals surface area (Å²) in [6.45, 7) is 1.88. The molecule has 2 aromatic rings. The zero-order valence-electron chi connectivity index (χ0n) is 12.5. The van der Waals surface area contributed by atoms with Crippen LogP contribution in [0.2, 0.25) is 5.02 Å². The molecule has 0 fully saturated rings. The van der Waals surface area contributed by atoms with Crippen molar-refractivity contribution in [2.75, 3.05) is 12.4 Å². The zero-order valence-corrected chi connectivity index (χ0v) is 13.3. The first-order chi connectivity index (χ1) is 10.7. The molecule has 1 atom stereocenters. The molecular weight excluding hydrogens is 302 g/mol. The van der Waals surface area contributed by atoms with E-state index in [1.807, 2.05) is 31.2 Å². The predicted octanol–water partition coefficient (Wildman–Crippen LogP) is 4.14. The second-order valence-corrected chi connectivity index (χ2v) is 5.04. The van der Waals surface area contributed by atoms with Crippen LogP contribution in [0.4, 0.5) is 5.69 Å². The summed E-state index contributed by atoms with van der Waals surface area (Å²) in [5.41, 5.74) is 0.608. The number of amides is 1. The van der Waals surface area contributed by atoms with Crippen LogP contribution in [-0.4, -0.2) is 19.1 Å². The van der Waals surface area contributed by atoms with Crippen LogP contribution in [0.5, 0.6) is 11.5 Å². The van der Waals surface area contributed by atoms with Gasteiger partial charge < -0.3 is 14.8 Å². The van der Waals surface area contributed by atoms with Crippen molar-refractivity contribution in [3.63, 3.8) is 0 Å². The molecule has 4 nitrogen and oxygen atoms in total. The van der Waals surface area contributed by atoms with Crippen LogP contribution in [0, 0.1) is 0 Å².